The quantitative estimate of drug-likeness (QED) is 0.655. The van der Waals surface area contributed by atoms with Crippen LogP contribution in [0.15, 0.2) is 37.1 Å². The van der Waals surface area contributed by atoms with Gasteiger partial charge in [-0.1, -0.05) is 0 Å². The van der Waals surface area contributed by atoms with Gasteiger partial charge in [0.05, 0.1) is 29.4 Å². The third kappa shape index (κ3) is 4.17. The summed E-state index contributed by atoms with van der Waals surface area (Å²) >= 11 is 0. The molecule has 0 spiro atoms. The monoisotopic (exact) mass is 422 g/mol. The summed E-state index contributed by atoms with van der Waals surface area (Å²) in [5.41, 5.74) is 3.89. The molecule has 3 aromatic heterocycles. The van der Waals surface area contributed by atoms with Gasteiger partial charge in [-0.25, -0.2) is 14.3 Å². The molecule has 10 nitrogen and oxygen atoms in total. The first-order chi connectivity index (χ1) is 15.0. The zero-order valence-corrected chi connectivity index (χ0v) is 17.6. The first-order valence-corrected chi connectivity index (χ1v) is 10.5. The smallest absolute Gasteiger partial charge is 0.328 e. The van der Waals surface area contributed by atoms with Crippen molar-refractivity contribution < 1.29 is 9.59 Å². The lowest BCUT2D eigenvalue weighted by Crippen LogP contribution is -2.49. The number of fused-ring (bicyclic) bond motifs is 1. The van der Waals surface area contributed by atoms with Crippen LogP contribution in [0.2, 0.25) is 0 Å². The molecule has 2 aliphatic heterocycles. The highest BCUT2D eigenvalue weighted by molar-refractivity contribution is 6.07. The maximum absolute atomic E-state index is 12.2. The summed E-state index contributed by atoms with van der Waals surface area (Å²) in [5.74, 6) is -0.236. The van der Waals surface area contributed by atoms with Crippen LogP contribution >= 0.6 is 0 Å². The van der Waals surface area contributed by atoms with Gasteiger partial charge in [-0.3, -0.25) is 24.8 Å². The van der Waals surface area contributed by atoms with Crippen molar-refractivity contribution in [2.24, 2.45) is 7.05 Å². The minimum Gasteiger partial charge on any atom is -0.340 e. The Morgan fingerprint density at radius 2 is 1.84 bits per heavy atom. The van der Waals surface area contributed by atoms with Gasteiger partial charge in [0.2, 0.25) is 5.91 Å². The fourth-order valence-electron chi connectivity index (χ4n) is 4.25. The summed E-state index contributed by atoms with van der Waals surface area (Å²) in [6, 6.07) is 3.77. The van der Waals surface area contributed by atoms with Gasteiger partial charge in [-0.2, -0.15) is 5.10 Å². The molecule has 5 heterocycles. The standard InChI is InChI=1S/C21H26N8O2/c1-25-13-17(22-15-25)14-27-8-6-26(7-9-27)12-16-2-5-29-18(10-16)19(11-23-29)28-4-3-20(30)24-21(28)31/h2,5,10-11,13,15H,3-4,6-9,12,14H2,1H3,(H,24,30,31). The summed E-state index contributed by atoms with van der Waals surface area (Å²) in [7, 11) is 1.99. The number of aromatic nitrogens is 4. The number of urea groups is 1. The fourth-order valence-corrected chi connectivity index (χ4v) is 4.25. The van der Waals surface area contributed by atoms with Crippen molar-refractivity contribution in [2.75, 3.05) is 37.6 Å². The van der Waals surface area contributed by atoms with Crippen LogP contribution in [-0.2, 0) is 24.9 Å². The van der Waals surface area contributed by atoms with E-state index in [1.165, 1.54) is 5.56 Å². The molecular formula is C21H26N8O2. The lowest BCUT2D eigenvalue weighted by Gasteiger charge is -2.34. The van der Waals surface area contributed by atoms with E-state index in [2.05, 4.69) is 43.5 Å². The van der Waals surface area contributed by atoms with Crippen LogP contribution < -0.4 is 10.2 Å². The number of pyridine rings is 1. The predicted molar refractivity (Wildman–Crippen MR) is 114 cm³/mol. The molecule has 3 aromatic rings. The second kappa shape index (κ2) is 8.12. The van der Waals surface area contributed by atoms with E-state index in [1.807, 2.05) is 24.1 Å². The average molecular weight is 422 g/mol. The van der Waals surface area contributed by atoms with Gasteiger partial charge < -0.3 is 4.57 Å². The summed E-state index contributed by atoms with van der Waals surface area (Å²) < 4.78 is 3.76. The fraction of sp³-hybridized carbons (Fsp3) is 0.429. The van der Waals surface area contributed by atoms with E-state index in [0.717, 1.165) is 56.2 Å². The molecule has 0 bridgehead atoms. The molecule has 162 valence electrons. The lowest BCUT2D eigenvalue weighted by molar-refractivity contribution is -0.120. The first-order valence-electron chi connectivity index (χ1n) is 10.5. The summed E-state index contributed by atoms with van der Waals surface area (Å²) in [6.07, 6.45) is 7.83. The van der Waals surface area contributed by atoms with Crippen LogP contribution in [0.4, 0.5) is 10.5 Å². The van der Waals surface area contributed by atoms with Crippen molar-refractivity contribution >= 4 is 23.1 Å². The van der Waals surface area contributed by atoms with Crippen molar-refractivity contribution in [1.82, 2.24) is 34.3 Å². The van der Waals surface area contributed by atoms with Crippen LogP contribution in [0.1, 0.15) is 17.7 Å². The van der Waals surface area contributed by atoms with Crippen molar-refractivity contribution in [3.8, 4) is 0 Å². The molecule has 2 fully saturated rings. The van der Waals surface area contributed by atoms with Crippen molar-refractivity contribution in [1.29, 1.82) is 0 Å². The number of imide groups is 1. The van der Waals surface area contributed by atoms with Gasteiger partial charge in [-0.05, 0) is 17.7 Å². The van der Waals surface area contributed by atoms with E-state index in [-0.39, 0.29) is 11.9 Å². The molecule has 0 aromatic carbocycles. The third-order valence-electron chi connectivity index (χ3n) is 5.93. The predicted octanol–water partition coefficient (Wildman–Crippen LogP) is 0.832. The lowest BCUT2D eigenvalue weighted by atomic mass is 10.2. The van der Waals surface area contributed by atoms with Gasteiger partial charge in [0, 0.05) is 71.7 Å². The maximum atomic E-state index is 12.2. The Balaban J connectivity index is 1.24. The topological polar surface area (TPSA) is 91.0 Å². The number of nitrogens with one attached hydrogen (secondary N) is 1. The number of nitrogens with zero attached hydrogens (tertiary/aromatic N) is 7. The van der Waals surface area contributed by atoms with Crippen molar-refractivity contribution in [3.63, 3.8) is 0 Å². The number of amides is 3. The summed E-state index contributed by atoms with van der Waals surface area (Å²) in [4.78, 5) is 34.6. The molecule has 5 rings (SSSR count). The number of imidazole rings is 1. The van der Waals surface area contributed by atoms with Gasteiger partial charge in [0.25, 0.3) is 0 Å². The van der Waals surface area contributed by atoms with Gasteiger partial charge in [-0.15, -0.1) is 0 Å². The van der Waals surface area contributed by atoms with Gasteiger partial charge in [0.15, 0.2) is 0 Å². The Bertz CT molecular complexity index is 1110. The van der Waals surface area contributed by atoms with Gasteiger partial charge >= 0.3 is 6.03 Å². The molecule has 0 aliphatic carbocycles. The Morgan fingerprint density at radius 3 is 2.55 bits per heavy atom. The maximum Gasteiger partial charge on any atom is 0.328 e. The summed E-state index contributed by atoms with van der Waals surface area (Å²) in [5, 5.41) is 6.75. The number of rotatable bonds is 5. The number of carbonyl (C=O) groups excluding carboxylic acids is 2. The zero-order valence-electron chi connectivity index (χ0n) is 17.6. The largest absolute Gasteiger partial charge is 0.340 e. The molecule has 10 heteroatoms. The van der Waals surface area contributed by atoms with Crippen molar-refractivity contribution in [2.45, 2.75) is 19.5 Å². The summed E-state index contributed by atoms with van der Waals surface area (Å²) in [6.45, 7) is 6.14. The minimum absolute atomic E-state index is 0.236. The molecular weight excluding hydrogens is 396 g/mol. The second-order valence-electron chi connectivity index (χ2n) is 8.23. The van der Waals surface area contributed by atoms with Crippen LogP contribution in [-0.4, -0.2) is 73.6 Å². The van der Waals surface area contributed by atoms with E-state index < -0.39 is 0 Å². The number of aryl methyl sites for hydroxylation is 1. The molecule has 31 heavy (non-hydrogen) atoms. The molecule has 3 amide bonds. The highest BCUT2D eigenvalue weighted by Gasteiger charge is 2.26. The molecule has 0 atom stereocenters. The zero-order chi connectivity index (χ0) is 21.4. The van der Waals surface area contributed by atoms with E-state index >= 15 is 0 Å². The van der Waals surface area contributed by atoms with E-state index in [0.29, 0.717) is 13.0 Å². The Morgan fingerprint density at radius 1 is 1.06 bits per heavy atom. The Labute approximate surface area is 180 Å². The number of hydrogen-bond acceptors (Lipinski definition) is 6. The molecule has 0 unspecified atom stereocenters. The molecule has 2 saturated heterocycles. The van der Waals surface area contributed by atoms with Crippen LogP contribution in [0.5, 0.6) is 0 Å². The normalized spacial score (nSPS) is 18.7. The Hall–Kier alpha value is -3.24. The average Bonchev–Trinajstić information content (AvgIpc) is 3.35. The number of carbonyl (C=O) groups is 2. The highest BCUT2D eigenvalue weighted by Crippen LogP contribution is 2.24. The van der Waals surface area contributed by atoms with E-state index in [4.69, 9.17) is 0 Å². The second-order valence-corrected chi connectivity index (χ2v) is 8.23. The number of anilines is 1. The van der Waals surface area contributed by atoms with E-state index in [1.54, 1.807) is 15.6 Å². The molecule has 2 aliphatic rings. The molecule has 1 N–H and O–H groups in total. The number of hydrogen-bond donors (Lipinski definition) is 1. The van der Waals surface area contributed by atoms with Crippen LogP contribution in [0, 0.1) is 0 Å². The van der Waals surface area contributed by atoms with Crippen molar-refractivity contribution in [3.05, 3.63) is 48.3 Å². The first kappa shape index (κ1) is 19.7. The third-order valence-corrected chi connectivity index (χ3v) is 5.93. The SMILES string of the molecule is Cn1cnc(CN2CCN(Cc3ccn4ncc(N5CCC(=O)NC5=O)c4c3)CC2)c1. The molecule has 0 saturated carbocycles. The van der Waals surface area contributed by atoms with Crippen LogP contribution in [0.3, 0.4) is 0 Å². The number of piperazine rings is 1. The highest BCUT2D eigenvalue weighted by atomic mass is 16.2. The minimum atomic E-state index is -0.388. The Kier molecular flexibility index (Phi) is 5.16. The van der Waals surface area contributed by atoms with Crippen LogP contribution in [0.25, 0.3) is 5.52 Å². The molecule has 0 radical (unpaired) electrons. The van der Waals surface area contributed by atoms with Gasteiger partial charge in [0.1, 0.15) is 0 Å². The van der Waals surface area contributed by atoms with E-state index in [9.17, 15) is 9.59 Å².